The Labute approximate surface area is 162 Å². The maximum Gasteiger partial charge on any atom is 0.258 e. The van der Waals surface area contributed by atoms with Gasteiger partial charge < -0.3 is 4.74 Å². The van der Waals surface area contributed by atoms with Gasteiger partial charge in [-0.3, -0.25) is 14.9 Å². The predicted molar refractivity (Wildman–Crippen MR) is 99.4 cm³/mol. The molecule has 0 atom stereocenters. The average molecular weight is 401 g/mol. The molecule has 8 nitrogen and oxygen atoms in total. The van der Waals surface area contributed by atoms with Gasteiger partial charge in [0, 0.05) is 18.8 Å². The van der Waals surface area contributed by atoms with Crippen LogP contribution in [0.5, 0.6) is 5.88 Å². The van der Waals surface area contributed by atoms with Crippen LogP contribution in [0.1, 0.15) is 52.0 Å². The Bertz CT molecular complexity index is 1050. The van der Waals surface area contributed by atoms with Crippen molar-refractivity contribution in [3.8, 4) is 5.88 Å². The number of rotatable bonds is 6. The van der Waals surface area contributed by atoms with E-state index in [1.807, 2.05) is 0 Å². The Kier molecular flexibility index (Phi) is 4.86. The highest BCUT2D eigenvalue weighted by Crippen LogP contribution is 2.24. The molecule has 146 valence electrons. The number of imide groups is 1. The summed E-state index contributed by atoms with van der Waals surface area (Å²) in [6.45, 7) is 0.0497. The zero-order valence-electron chi connectivity index (χ0n) is 15.0. The number of carbonyl (C=O) groups excluding carboxylic acids is 2. The van der Waals surface area contributed by atoms with Gasteiger partial charge in [-0.1, -0.05) is 0 Å². The van der Waals surface area contributed by atoms with E-state index in [1.165, 1.54) is 18.2 Å². The molecule has 1 aromatic heterocycles. The number of benzene rings is 1. The molecule has 0 spiro atoms. The van der Waals surface area contributed by atoms with Crippen LogP contribution in [-0.2, 0) is 16.6 Å². The van der Waals surface area contributed by atoms with Crippen LogP contribution >= 0.6 is 0 Å². The summed E-state index contributed by atoms with van der Waals surface area (Å²) in [5.74, 6) is -0.639. The quantitative estimate of drug-likeness (QED) is 0.713. The van der Waals surface area contributed by atoms with E-state index in [4.69, 9.17) is 4.74 Å². The SMILES string of the molecule is O=C1NC(=O)c2cc(S(=O)(=O)NCc3ccnc(OC4CCCC4)c3)ccc21. The molecular formula is C19H19N3O5S. The maximum absolute atomic E-state index is 12.6. The molecule has 1 saturated carbocycles. The van der Waals surface area contributed by atoms with Gasteiger partial charge in [0.25, 0.3) is 11.8 Å². The van der Waals surface area contributed by atoms with Gasteiger partial charge in [0.2, 0.25) is 15.9 Å². The zero-order chi connectivity index (χ0) is 19.7. The second-order valence-corrected chi connectivity index (χ2v) is 8.61. The number of carbonyl (C=O) groups is 2. The van der Waals surface area contributed by atoms with E-state index >= 15 is 0 Å². The predicted octanol–water partition coefficient (Wildman–Crippen LogP) is 1.77. The molecule has 1 aliphatic carbocycles. The Morgan fingerprint density at radius 3 is 2.61 bits per heavy atom. The fourth-order valence-electron chi connectivity index (χ4n) is 3.38. The first kappa shape index (κ1) is 18.6. The maximum atomic E-state index is 12.6. The molecule has 0 saturated heterocycles. The van der Waals surface area contributed by atoms with Crippen molar-refractivity contribution < 1.29 is 22.7 Å². The number of sulfonamides is 1. The first-order valence-corrected chi connectivity index (χ1v) is 10.5. The highest BCUT2D eigenvalue weighted by atomic mass is 32.2. The van der Waals surface area contributed by atoms with Crippen molar-refractivity contribution in [1.29, 1.82) is 0 Å². The van der Waals surface area contributed by atoms with Gasteiger partial charge in [-0.05, 0) is 55.5 Å². The lowest BCUT2D eigenvalue weighted by atomic mass is 10.1. The van der Waals surface area contributed by atoms with E-state index in [0.29, 0.717) is 11.4 Å². The van der Waals surface area contributed by atoms with Crippen molar-refractivity contribution in [2.24, 2.45) is 0 Å². The van der Waals surface area contributed by atoms with Crippen molar-refractivity contribution in [3.63, 3.8) is 0 Å². The summed E-state index contributed by atoms with van der Waals surface area (Å²) in [4.78, 5) is 27.4. The Hall–Kier alpha value is -2.78. The third-order valence-electron chi connectivity index (χ3n) is 4.87. The fraction of sp³-hybridized carbons (Fsp3) is 0.316. The third kappa shape index (κ3) is 3.76. The molecule has 0 radical (unpaired) electrons. The van der Waals surface area contributed by atoms with E-state index in [2.05, 4.69) is 15.0 Å². The summed E-state index contributed by atoms with van der Waals surface area (Å²) >= 11 is 0. The molecule has 1 aromatic carbocycles. The molecule has 2 N–H and O–H groups in total. The number of ether oxygens (including phenoxy) is 1. The Balaban J connectivity index is 1.46. The minimum absolute atomic E-state index is 0.0497. The largest absolute Gasteiger partial charge is 0.474 e. The molecular weight excluding hydrogens is 382 g/mol. The average Bonchev–Trinajstić information content (AvgIpc) is 3.28. The van der Waals surface area contributed by atoms with Crippen LogP contribution in [0.4, 0.5) is 0 Å². The molecule has 4 rings (SSSR count). The molecule has 0 unspecified atom stereocenters. The minimum atomic E-state index is -3.86. The summed E-state index contributed by atoms with van der Waals surface area (Å²) in [6, 6.07) is 7.28. The number of pyridine rings is 1. The fourth-order valence-corrected chi connectivity index (χ4v) is 4.42. The van der Waals surface area contributed by atoms with Crippen LogP contribution < -0.4 is 14.8 Å². The van der Waals surface area contributed by atoms with E-state index in [-0.39, 0.29) is 28.7 Å². The van der Waals surface area contributed by atoms with Crippen molar-refractivity contribution in [2.45, 2.75) is 43.2 Å². The molecule has 2 heterocycles. The van der Waals surface area contributed by atoms with Crippen molar-refractivity contribution >= 4 is 21.8 Å². The van der Waals surface area contributed by atoms with Gasteiger partial charge in [0.15, 0.2) is 0 Å². The van der Waals surface area contributed by atoms with Crippen LogP contribution in [0.25, 0.3) is 0 Å². The molecule has 0 bridgehead atoms. The normalized spacial score (nSPS) is 16.9. The molecule has 9 heteroatoms. The van der Waals surface area contributed by atoms with Crippen molar-refractivity contribution in [2.75, 3.05) is 0 Å². The first-order chi connectivity index (χ1) is 13.4. The minimum Gasteiger partial charge on any atom is -0.474 e. The number of fused-ring (bicyclic) bond motifs is 1. The lowest BCUT2D eigenvalue weighted by Gasteiger charge is -2.13. The third-order valence-corrected chi connectivity index (χ3v) is 6.27. The highest BCUT2D eigenvalue weighted by Gasteiger charge is 2.28. The second-order valence-electron chi connectivity index (χ2n) is 6.84. The summed E-state index contributed by atoms with van der Waals surface area (Å²) in [5, 5.41) is 2.14. The molecule has 2 aromatic rings. The Morgan fingerprint density at radius 2 is 1.82 bits per heavy atom. The standard InChI is InChI=1S/C19H19N3O5S/c23-18-15-6-5-14(10-16(15)19(24)22-18)28(25,26)21-11-12-7-8-20-17(9-12)27-13-3-1-2-4-13/h5-10,13,21H,1-4,11H2,(H,22,23,24). The van der Waals surface area contributed by atoms with Gasteiger partial charge in [0.05, 0.1) is 16.0 Å². The smallest absolute Gasteiger partial charge is 0.258 e. The van der Waals surface area contributed by atoms with Crippen LogP contribution in [-0.4, -0.2) is 31.3 Å². The number of hydrogen-bond acceptors (Lipinski definition) is 6. The Morgan fingerprint density at radius 1 is 1.07 bits per heavy atom. The van der Waals surface area contributed by atoms with E-state index < -0.39 is 21.8 Å². The van der Waals surface area contributed by atoms with Gasteiger partial charge in [0.1, 0.15) is 6.10 Å². The van der Waals surface area contributed by atoms with Gasteiger partial charge in [-0.2, -0.15) is 0 Å². The number of nitrogens with zero attached hydrogens (tertiary/aromatic N) is 1. The zero-order valence-corrected chi connectivity index (χ0v) is 15.8. The molecule has 2 amide bonds. The topological polar surface area (TPSA) is 114 Å². The van der Waals surface area contributed by atoms with Crippen molar-refractivity contribution in [1.82, 2.24) is 15.0 Å². The van der Waals surface area contributed by atoms with Gasteiger partial charge >= 0.3 is 0 Å². The molecule has 1 aliphatic heterocycles. The number of hydrogen-bond donors (Lipinski definition) is 2. The second kappa shape index (κ2) is 7.33. The van der Waals surface area contributed by atoms with Gasteiger partial charge in [-0.15, -0.1) is 0 Å². The van der Waals surface area contributed by atoms with Crippen molar-refractivity contribution in [3.05, 3.63) is 53.2 Å². The summed E-state index contributed by atoms with van der Waals surface area (Å²) in [6.07, 6.45) is 6.06. The van der Waals surface area contributed by atoms with Crippen LogP contribution in [0, 0.1) is 0 Å². The number of amides is 2. The van der Waals surface area contributed by atoms with Crippen LogP contribution in [0.2, 0.25) is 0 Å². The number of nitrogens with one attached hydrogen (secondary N) is 2. The van der Waals surface area contributed by atoms with E-state index in [9.17, 15) is 18.0 Å². The van der Waals surface area contributed by atoms with Gasteiger partial charge in [-0.25, -0.2) is 18.1 Å². The van der Waals surface area contributed by atoms with Crippen LogP contribution in [0.3, 0.4) is 0 Å². The van der Waals surface area contributed by atoms with Crippen LogP contribution in [0.15, 0.2) is 41.4 Å². The molecule has 28 heavy (non-hydrogen) atoms. The summed E-state index contributed by atoms with van der Waals surface area (Å²) in [7, 11) is -3.86. The highest BCUT2D eigenvalue weighted by molar-refractivity contribution is 7.89. The van der Waals surface area contributed by atoms with E-state index in [0.717, 1.165) is 25.7 Å². The summed E-state index contributed by atoms with van der Waals surface area (Å²) in [5.41, 5.74) is 0.941. The first-order valence-electron chi connectivity index (χ1n) is 9.03. The monoisotopic (exact) mass is 401 g/mol. The lowest BCUT2D eigenvalue weighted by molar-refractivity contribution is 0.0879. The van der Waals surface area contributed by atoms with E-state index in [1.54, 1.807) is 18.3 Å². The number of aromatic nitrogens is 1. The molecule has 1 fully saturated rings. The lowest BCUT2D eigenvalue weighted by Crippen LogP contribution is -2.23. The summed E-state index contributed by atoms with van der Waals surface area (Å²) < 4.78 is 33.5. The molecule has 2 aliphatic rings.